The summed E-state index contributed by atoms with van der Waals surface area (Å²) in [6.07, 6.45) is -5.36. The van der Waals surface area contributed by atoms with E-state index in [4.69, 9.17) is 21.1 Å². The molecule has 0 aromatic rings. The predicted octanol–water partition coefficient (Wildman–Crippen LogP) is -2.28. The maximum atomic E-state index is 12.1. The van der Waals surface area contributed by atoms with Gasteiger partial charge < -0.3 is 25.8 Å². The summed E-state index contributed by atoms with van der Waals surface area (Å²) in [5.41, 5.74) is 5.22. The number of aliphatic hydroxyl groups is 3. The van der Waals surface area contributed by atoms with Gasteiger partial charge in [-0.05, 0) is 0 Å². The van der Waals surface area contributed by atoms with Gasteiger partial charge in [0, 0.05) is 0 Å². The van der Waals surface area contributed by atoms with Crippen molar-refractivity contribution in [2.75, 3.05) is 6.67 Å². The maximum absolute atomic E-state index is 12.1. The van der Waals surface area contributed by atoms with E-state index in [2.05, 4.69) is 4.74 Å². The molecule has 0 spiro atoms. The Hall–Kier alpha value is -0.270. The van der Waals surface area contributed by atoms with Crippen LogP contribution >= 0.6 is 0 Å². The summed E-state index contributed by atoms with van der Waals surface area (Å²) in [6.45, 7) is -0.970. The lowest BCUT2D eigenvalue weighted by Crippen LogP contribution is -2.61. The van der Waals surface area contributed by atoms with Crippen LogP contribution < -0.4 is 5.73 Å². The van der Waals surface area contributed by atoms with E-state index in [0.29, 0.717) is 0 Å². The number of rotatable bonds is 1. The molecule has 1 aliphatic rings. The second-order valence-corrected chi connectivity index (χ2v) is 2.78. The minimum Gasteiger partial charge on any atom is -0.388 e. The number of halogens is 1. The highest BCUT2D eigenvalue weighted by atomic mass is 19.1. The molecular weight excluding hydrogens is 169 g/mol. The molecule has 0 aromatic heterocycles. The molecule has 6 heteroatoms. The van der Waals surface area contributed by atoms with Crippen LogP contribution in [-0.4, -0.2) is 52.6 Å². The van der Waals surface area contributed by atoms with Gasteiger partial charge in [-0.25, -0.2) is 4.39 Å². The van der Waals surface area contributed by atoms with Crippen LogP contribution in [0.1, 0.15) is 0 Å². The first-order valence-corrected chi connectivity index (χ1v) is 3.59. The van der Waals surface area contributed by atoms with Crippen molar-refractivity contribution in [2.24, 2.45) is 5.73 Å². The molecule has 1 rings (SSSR count). The molecule has 0 unspecified atom stereocenters. The molecular formula is C6H12FNO4. The fourth-order valence-corrected chi connectivity index (χ4v) is 1.09. The molecule has 5 atom stereocenters. The Morgan fingerprint density at radius 3 is 2.33 bits per heavy atom. The first kappa shape index (κ1) is 9.82. The molecule has 1 fully saturated rings. The summed E-state index contributed by atoms with van der Waals surface area (Å²) < 4.78 is 16.6. The van der Waals surface area contributed by atoms with Gasteiger partial charge in [-0.15, -0.1) is 0 Å². The van der Waals surface area contributed by atoms with E-state index in [0.717, 1.165) is 0 Å². The monoisotopic (exact) mass is 181 g/mol. The molecule has 0 aliphatic carbocycles. The second-order valence-electron chi connectivity index (χ2n) is 2.78. The largest absolute Gasteiger partial charge is 0.388 e. The van der Waals surface area contributed by atoms with Crippen molar-refractivity contribution >= 4 is 0 Å². The first-order valence-electron chi connectivity index (χ1n) is 3.59. The summed E-state index contributed by atoms with van der Waals surface area (Å²) in [6, 6.07) is -1.09. The third-order valence-corrected chi connectivity index (χ3v) is 1.92. The van der Waals surface area contributed by atoms with Crippen molar-refractivity contribution < 1.29 is 24.4 Å². The van der Waals surface area contributed by atoms with E-state index in [9.17, 15) is 4.39 Å². The van der Waals surface area contributed by atoms with Gasteiger partial charge >= 0.3 is 0 Å². The third kappa shape index (κ3) is 1.57. The Bertz CT molecular complexity index is 154. The fraction of sp³-hybridized carbons (Fsp3) is 1.00. The summed E-state index contributed by atoms with van der Waals surface area (Å²) in [7, 11) is 0. The third-order valence-electron chi connectivity index (χ3n) is 1.92. The van der Waals surface area contributed by atoms with Crippen LogP contribution in [0.5, 0.6) is 0 Å². The second kappa shape index (κ2) is 3.63. The van der Waals surface area contributed by atoms with Crippen molar-refractivity contribution in [3.63, 3.8) is 0 Å². The van der Waals surface area contributed by atoms with Gasteiger partial charge in [0.1, 0.15) is 25.0 Å². The van der Waals surface area contributed by atoms with E-state index < -0.39 is 37.3 Å². The highest BCUT2D eigenvalue weighted by Gasteiger charge is 2.41. The van der Waals surface area contributed by atoms with E-state index in [1.54, 1.807) is 0 Å². The molecule has 0 saturated carbocycles. The van der Waals surface area contributed by atoms with Crippen molar-refractivity contribution in [1.29, 1.82) is 0 Å². The normalized spacial score (nSPS) is 49.2. The van der Waals surface area contributed by atoms with Crippen LogP contribution in [0.3, 0.4) is 0 Å². The number of ether oxygens (including phenoxy) is 1. The lowest BCUT2D eigenvalue weighted by atomic mass is 9.98. The Morgan fingerprint density at radius 1 is 1.25 bits per heavy atom. The smallest absolute Gasteiger partial charge is 0.173 e. The zero-order valence-corrected chi connectivity index (χ0v) is 6.30. The van der Waals surface area contributed by atoms with E-state index in [1.165, 1.54) is 0 Å². The standard InChI is InChI=1S/C6H12FNO4/c7-1-2-4(9)5(10)3(8)6(11)12-2/h2-6,9-11H,1,8H2/t2-,3-,4-,5-,6+/m1/s1. The lowest BCUT2D eigenvalue weighted by molar-refractivity contribution is -0.244. The van der Waals surface area contributed by atoms with Crippen LogP contribution in [0.2, 0.25) is 0 Å². The summed E-state index contributed by atoms with van der Waals surface area (Å²) in [5, 5.41) is 27.2. The lowest BCUT2D eigenvalue weighted by Gasteiger charge is -2.37. The first-order chi connectivity index (χ1) is 5.57. The minimum atomic E-state index is -1.43. The molecule has 5 N–H and O–H groups in total. The Labute approximate surface area is 68.6 Å². The topological polar surface area (TPSA) is 95.9 Å². The van der Waals surface area contributed by atoms with E-state index >= 15 is 0 Å². The van der Waals surface area contributed by atoms with Gasteiger partial charge in [0.2, 0.25) is 0 Å². The van der Waals surface area contributed by atoms with Crippen molar-refractivity contribution in [2.45, 2.75) is 30.6 Å². The van der Waals surface area contributed by atoms with Crippen LogP contribution in [-0.2, 0) is 4.74 Å². The van der Waals surface area contributed by atoms with Gasteiger partial charge in [0.25, 0.3) is 0 Å². The summed E-state index contributed by atoms with van der Waals surface area (Å²) in [4.78, 5) is 0. The summed E-state index contributed by atoms with van der Waals surface area (Å²) >= 11 is 0. The number of nitrogens with two attached hydrogens (primary N) is 1. The predicted molar refractivity (Wildman–Crippen MR) is 36.8 cm³/mol. The van der Waals surface area contributed by atoms with Crippen molar-refractivity contribution in [3.05, 3.63) is 0 Å². The highest BCUT2D eigenvalue weighted by molar-refractivity contribution is 4.90. The van der Waals surface area contributed by atoms with E-state index in [-0.39, 0.29) is 0 Å². The van der Waals surface area contributed by atoms with Gasteiger partial charge in [0.05, 0.1) is 6.04 Å². The molecule has 0 amide bonds. The van der Waals surface area contributed by atoms with Crippen LogP contribution in [0, 0.1) is 0 Å². The average molecular weight is 181 g/mol. The SMILES string of the molecule is N[C@@H]1[C@@H](O)[C@H](O)[C@@H](CF)O[C@@H]1O. The molecule has 0 bridgehead atoms. The Morgan fingerprint density at radius 2 is 1.83 bits per heavy atom. The van der Waals surface area contributed by atoms with Gasteiger partial charge in [-0.2, -0.15) is 0 Å². The van der Waals surface area contributed by atoms with Gasteiger partial charge in [-0.1, -0.05) is 0 Å². The molecule has 5 nitrogen and oxygen atoms in total. The highest BCUT2D eigenvalue weighted by Crippen LogP contribution is 2.18. The van der Waals surface area contributed by atoms with Gasteiger partial charge in [-0.3, -0.25) is 0 Å². The maximum Gasteiger partial charge on any atom is 0.173 e. The zero-order valence-electron chi connectivity index (χ0n) is 6.30. The molecule has 12 heavy (non-hydrogen) atoms. The van der Waals surface area contributed by atoms with Crippen LogP contribution in [0.4, 0.5) is 4.39 Å². The molecule has 72 valence electrons. The number of hydrogen-bond donors (Lipinski definition) is 4. The minimum absolute atomic E-state index is 0.970. The number of aliphatic hydroxyl groups excluding tert-OH is 3. The van der Waals surface area contributed by atoms with Crippen molar-refractivity contribution in [1.82, 2.24) is 0 Å². The summed E-state index contributed by atoms with van der Waals surface area (Å²) in [5.74, 6) is 0. The molecule has 1 saturated heterocycles. The Kier molecular flexibility index (Phi) is 2.97. The molecule has 1 aliphatic heterocycles. The molecule has 0 aromatic carbocycles. The quantitative estimate of drug-likeness (QED) is 0.365. The zero-order chi connectivity index (χ0) is 9.30. The molecule has 1 heterocycles. The molecule has 0 radical (unpaired) electrons. The van der Waals surface area contributed by atoms with Gasteiger partial charge in [0.15, 0.2) is 6.29 Å². The van der Waals surface area contributed by atoms with E-state index in [1.807, 2.05) is 0 Å². The van der Waals surface area contributed by atoms with Crippen molar-refractivity contribution in [3.8, 4) is 0 Å². The van der Waals surface area contributed by atoms with Crippen LogP contribution in [0.25, 0.3) is 0 Å². The Balaban J connectivity index is 2.63. The number of alkyl halides is 1. The van der Waals surface area contributed by atoms with Crippen LogP contribution in [0.15, 0.2) is 0 Å². The fourth-order valence-electron chi connectivity index (χ4n) is 1.09. The number of hydrogen-bond acceptors (Lipinski definition) is 5. The average Bonchev–Trinajstić information content (AvgIpc) is 2.08.